The summed E-state index contributed by atoms with van der Waals surface area (Å²) in [6.07, 6.45) is 8.77. The van der Waals surface area contributed by atoms with Crippen molar-refractivity contribution in [1.29, 1.82) is 0 Å². The Morgan fingerprint density at radius 2 is 1.77 bits per heavy atom. The van der Waals surface area contributed by atoms with E-state index in [1.807, 2.05) is 4.90 Å². The summed E-state index contributed by atoms with van der Waals surface area (Å²) in [4.78, 5) is 15.9. The van der Waals surface area contributed by atoms with Gasteiger partial charge >= 0.3 is 5.97 Å². The first kappa shape index (κ1) is 31.8. The number of aromatic nitrogens is 1. The fourth-order valence-corrected chi connectivity index (χ4v) is 8.11. The number of piperidine rings is 1. The lowest BCUT2D eigenvalue weighted by atomic mass is 9.94. The zero-order valence-electron chi connectivity index (χ0n) is 27.3. The van der Waals surface area contributed by atoms with Crippen LogP contribution in [0.5, 0.6) is 5.75 Å². The SMILES string of the molecule is Cc1c(COc2ccc(CN3CCCC[C@H]3C(=O)O)c3c2CCC3)cccc1-c1cccc2c1ccn2CCCN1CCC(F)(F)C1. The second-order valence-electron chi connectivity index (χ2n) is 13.7. The van der Waals surface area contributed by atoms with Gasteiger partial charge in [0.2, 0.25) is 0 Å². The molecule has 4 aromatic rings. The van der Waals surface area contributed by atoms with Gasteiger partial charge in [0.25, 0.3) is 5.92 Å². The van der Waals surface area contributed by atoms with E-state index in [0.717, 1.165) is 74.9 Å². The van der Waals surface area contributed by atoms with Gasteiger partial charge in [-0.3, -0.25) is 14.6 Å². The zero-order chi connectivity index (χ0) is 32.5. The van der Waals surface area contributed by atoms with Crippen molar-refractivity contribution in [3.05, 3.63) is 88.6 Å². The number of hydrogen-bond acceptors (Lipinski definition) is 4. The zero-order valence-corrected chi connectivity index (χ0v) is 27.3. The van der Waals surface area contributed by atoms with Crippen molar-refractivity contribution >= 4 is 16.9 Å². The quantitative estimate of drug-likeness (QED) is 0.181. The maximum absolute atomic E-state index is 13.6. The van der Waals surface area contributed by atoms with Crippen LogP contribution < -0.4 is 4.74 Å². The topological polar surface area (TPSA) is 57.9 Å². The highest BCUT2D eigenvalue weighted by Gasteiger charge is 2.37. The van der Waals surface area contributed by atoms with E-state index in [1.54, 1.807) is 0 Å². The van der Waals surface area contributed by atoms with E-state index >= 15 is 0 Å². The number of carbonyl (C=O) groups is 1. The van der Waals surface area contributed by atoms with Gasteiger partial charge in [0.05, 0.1) is 6.54 Å². The minimum absolute atomic E-state index is 0.0316. The molecule has 2 saturated heterocycles. The van der Waals surface area contributed by atoms with Crippen LogP contribution in [-0.2, 0) is 37.3 Å². The Kier molecular flexibility index (Phi) is 9.07. The van der Waals surface area contributed by atoms with E-state index in [0.29, 0.717) is 26.2 Å². The summed E-state index contributed by atoms with van der Waals surface area (Å²) in [6, 6.07) is 18.9. The number of alkyl halides is 2. The van der Waals surface area contributed by atoms with Gasteiger partial charge in [-0.05, 0) is 109 Å². The van der Waals surface area contributed by atoms with Gasteiger partial charge in [-0.15, -0.1) is 0 Å². The fourth-order valence-electron chi connectivity index (χ4n) is 8.11. The summed E-state index contributed by atoms with van der Waals surface area (Å²) in [5, 5.41) is 11.0. The van der Waals surface area contributed by atoms with Crippen LogP contribution in [0.4, 0.5) is 8.78 Å². The Balaban J connectivity index is 1.05. The third-order valence-electron chi connectivity index (χ3n) is 10.7. The van der Waals surface area contributed by atoms with Crippen molar-refractivity contribution in [2.75, 3.05) is 26.2 Å². The fraction of sp³-hybridized carbons (Fsp3) is 0.462. The number of carboxylic acids is 1. The number of likely N-dealkylation sites (tertiary alicyclic amines) is 2. The molecule has 2 aliphatic heterocycles. The lowest BCUT2D eigenvalue weighted by Crippen LogP contribution is -2.44. The second-order valence-corrected chi connectivity index (χ2v) is 13.7. The van der Waals surface area contributed by atoms with E-state index in [-0.39, 0.29) is 13.0 Å². The minimum atomic E-state index is -2.54. The van der Waals surface area contributed by atoms with Crippen molar-refractivity contribution in [2.45, 2.75) is 90.0 Å². The molecule has 2 fully saturated rings. The van der Waals surface area contributed by atoms with Crippen LogP contribution in [0, 0.1) is 6.92 Å². The molecule has 8 heteroatoms. The number of aryl methyl sites for hydroxylation is 1. The van der Waals surface area contributed by atoms with Crippen LogP contribution >= 0.6 is 0 Å². The summed E-state index contributed by atoms with van der Waals surface area (Å²) < 4.78 is 36.0. The molecule has 248 valence electrons. The molecular weight excluding hydrogens is 596 g/mol. The molecule has 1 N–H and O–H groups in total. The summed E-state index contributed by atoms with van der Waals surface area (Å²) in [6.45, 7) is 6.00. The summed E-state index contributed by atoms with van der Waals surface area (Å²) in [5.74, 6) is -2.31. The molecule has 0 bridgehead atoms. The van der Waals surface area contributed by atoms with Gasteiger partial charge in [-0.2, -0.15) is 0 Å². The molecule has 3 aliphatic rings. The summed E-state index contributed by atoms with van der Waals surface area (Å²) in [5.41, 5.74) is 9.74. The number of hydrogen-bond donors (Lipinski definition) is 1. The van der Waals surface area contributed by atoms with Gasteiger partial charge in [0.15, 0.2) is 0 Å². The van der Waals surface area contributed by atoms with Crippen LogP contribution in [-0.4, -0.2) is 63.6 Å². The predicted molar refractivity (Wildman–Crippen MR) is 181 cm³/mol. The molecule has 6 nitrogen and oxygen atoms in total. The van der Waals surface area contributed by atoms with Crippen LogP contribution in [0.2, 0.25) is 0 Å². The molecule has 47 heavy (non-hydrogen) atoms. The highest BCUT2D eigenvalue weighted by molar-refractivity contribution is 5.96. The lowest BCUT2D eigenvalue weighted by Gasteiger charge is -2.33. The normalized spacial score (nSPS) is 19.8. The molecule has 0 spiro atoms. The largest absolute Gasteiger partial charge is 0.489 e. The average molecular weight is 642 g/mol. The molecule has 0 unspecified atom stereocenters. The van der Waals surface area contributed by atoms with Crippen molar-refractivity contribution < 1.29 is 23.4 Å². The van der Waals surface area contributed by atoms with E-state index in [9.17, 15) is 18.7 Å². The summed E-state index contributed by atoms with van der Waals surface area (Å²) >= 11 is 0. The Bertz CT molecular complexity index is 1770. The standard InChI is InChI=1S/C39H45F2N3O3/c1-27-29(25-47-37-16-15-28(31-10-5-12-34(31)37)24-44-20-3-2-13-36(44)38(45)46)8-4-9-30(27)32-11-6-14-35-33(32)17-22-43(35)21-7-19-42-23-18-39(40,41)26-42/h4,6,8-9,11,14-17,22,36H,2-3,5,7,10,12-13,18-21,23-26H2,1H3,(H,45,46)/t36-/m0/s1. The highest BCUT2D eigenvalue weighted by Crippen LogP contribution is 2.37. The van der Waals surface area contributed by atoms with Crippen molar-refractivity contribution in [3.63, 3.8) is 0 Å². The second kappa shape index (κ2) is 13.4. The van der Waals surface area contributed by atoms with E-state index in [1.165, 1.54) is 38.8 Å². The first-order chi connectivity index (χ1) is 22.8. The number of nitrogens with zero attached hydrogens (tertiary/aromatic N) is 3. The Labute approximate surface area is 275 Å². The van der Waals surface area contributed by atoms with Crippen molar-refractivity contribution in [3.8, 4) is 16.9 Å². The van der Waals surface area contributed by atoms with E-state index < -0.39 is 17.9 Å². The number of fused-ring (bicyclic) bond motifs is 2. The number of carboxylic acid groups (broad SMARTS) is 1. The molecule has 1 aromatic heterocycles. The number of ether oxygens (including phenoxy) is 1. The molecule has 3 heterocycles. The number of halogens is 2. The molecule has 0 saturated carbocycles. The Morgan fingerprint density at radius 1 is 0.936 bits per heavy atom. The van der Waals surface area contributed by atoms with E-state index in [2.05, 4.69) is 77.2 Å². The molecule has 7 rings (SSSR count). The van der Waals surface area contributed by atoms with Crippen molar-refractivity contribution in [1.82, 2.24) is 14.4 Å². The number of aliphatic carboxylic acids is 1. The van der Waals surface area contributed by atoms with Crippen LogP contribution in [0.3, 0.4) is 0 Å². The molecule has 0 amide bonds. The van der Waals surface area contributed by atoms with Gasteiger partial charge in [0, 0.05) is 49.7 Å². The first-order valence-electron chi connectivity index (χ1n) is 17.3. The molecule has 3 aromatic carbocycles. The molecule has 0 radical (unpaired) electrons. The molecular formula is C39H45F2N3O3. The van der Waals surface area contributed by atoms with Crippen LogP contribution in [0.1, 0.15) is 66.3 Å². The summed E-state index contributed by atoms with van der Waals surface area (Å²) in [7, 11) is 0. The monoisotopic (exact) mass is 641 g/mol. The van der Waals surface area contributed by atoms with Gasteiger partial charge < -0.3 is 14.4 Å². The first-order valence-corrected chi connectivity index (χ1v) is 17.3. The van der Waals surface area contributed by atoms with Crippen molar-refractivity contribution in [2.24, 2.45) is 0 Å². The maximum atomic E-state index is 13.6. The third kappa shape index (κ3) is 6.68. The smallest absolute Gasteiger partial charge is 0.320 e. The maximum Gasteiger partial charge on any atom is 0.320 e. The lowest BCUT2D eigenvalue weighted by molar-refractivity contribution is -0.144. The highest BCUT2D eigenvalue weighted by atomic mass is 19.3. The van der Waals surface area contributed by atoms with Gasteiger partial charge in [-0.25, -0.2) is 8.78 Å². The average Bonchev–Trinajstić information content (AvgIpc) is 3.80. The van der Waals surface area contributed by atoms with Gasteiger partial charge in [-0.1, -0.05) is 42.8 Å². The number of rotatable bonds is 11. The predicted octanol–water partition coefficient (Wildman–Crippen LogP) is 7.85. The van der Waals surface area contributed by atoms with Gasteiger partial charge in [0.1, 0.15) is 18.4 Å². The van der Waals surface area contributed by atoms with Crippen LogP contribution in [0.15, 0.2) is 60.8 Å². The third-order valence-corrected chi connectivity index (χ3v) is 10.7. The Hall–Kier alpha value is -3.75. The minimum Gasteiger partial charge on any atom is -0.489 e. The molecule has 1 aliphatic carbocycles. The van der Waals surface area contributed by atoms with Crippen LogP contribution in [0.25, 0.3) is 22.0 Å². The number of benzene rings is 3. The Morgan fingerprint density at radius 3 is 2.60 bits per heavy atom. The van der Waals surface area contributed by atoms with E-state index in [4.69, 9.17) is 4.74 Å². The molecule has 1 atom stereocenters.